The summed E-state index contributed by atoms with van der Waals surface area (Å²) in [6, 6.07) is 3.54. The van der Waals surface area contributed by atoms with Crippen molar-refractivity contribution < 1.29 is 4.74 Å². The SMILES string of the molecule is COCCCNc1cc2ncc(=O)[nH]c2cc1N. The van der Waals surface area contributed by atoms with Crippen LogP contribution in [0.15, 0.2) is 23.1 Å². The van der Waals surface area contributed by atoms with Crippen molar-refractivity contribution in [2.45, 2.75) is 6.42 Å². The first-order chi connectivity index (χ1) is 8.70. The lowest BCUT2D eigenvalue weighted by Gasteiger charge is -2.10. The predicted octanol–water partition coefficient (Wildman–Crippen LogP) is 0.954. The highest BCUT2D eigenvalue weighted by atomic mass is 16.5. The van der Waals surface area contributed by atoms with E-state index >= 15 is 0 Å². The zero-order chi connectivity index (χ0) is 13.0. The number of ether oxygens (including phenoxy) is 1. The summed E-state index contributed by atoms with van der Waals surface area (Å²) in [4.78, 5) is 17.9. The van der Waals surface area contributed by atoms with Crippen molar-refractivity contribution in [2.24, 2.45) is 0 Å². The Balaban J connectivity index is 2.21. The highest BCUT2D eigenvalue weighted by Crippen LogP contribution is 2.22. The Morgan fingerprint density at radius 3 is 3.11 bits per heavy atom. The molecule has 0 spiro atoms. The summed E-state index contributed by atoms with van der Waals surface area (Å²) in [7, 11) is 1.67. The van der Waals surface area contributed by atoms with E-state index in [-0.39, 0.29) is 5.56 Å². The van der Waals surface area contributed by atoms with Gasteiger partial charge in [-0.05, 0) is 18.6 Å². The third-order valence-electron chi connectivity index (χ3n) is 2.59. The highest BCUT2D eigenvalue weighted by Gasteiger charge is 2.03. The molecule has 1 aromatic carbocycles. The normalized spacial score (nSPS) is 10.7. The molecule has 0 radical (unpaired) electrons. The second kappa shape index (κ2) is 5.50. The van der Waals surface area contributed by atoms with Gasteiger partial charge in [-0.15, -0.1) is 0 Å². The summed E-state index contributed by atoms with van der Waals surface area (Å²) in [5, 5.41) is 3.22. The van der Waals surface area contributed by atoms with Gasteiger partial charge in [0.25, 0.3) is 5.56 Å². The van der Waals surface area contributed by atoms with E-state index in [0.717, 1.165) is 18.7 Å². The smallest absolute Gasteiger partial charge is 0.266 e. The summed E-state index contributed by atoms with van der Waals surface area (Å²) >= 11 is 0. The Bertz CT molecular complexity index is 594. The predicted molar refractivity (Wildman–Crippen MR) is 71.8 cm³/mol. The third-order valence-corrected chi connectivity index (χ3v) is 2.59. The lowest BCUT2D eigenvalue weighted by molar-refractivity contribution is 0.198. The zero-order valence-corrected chi connectivity index (χ0v) is 10.2. The molecule has 0 saturated heterocycles. The number of nitrogen functional groups attached to an aromatic ring is 1. The molecular weight excluding hydrogens is 232 g/mol. The van der Waals surface area contributed by atoms with Gasteiger partial charge in [0.15, 0.2) is 0 Å². The summed E-state index contributed by atoms with van der Waals surface area (Å²) in [5.41, 5.74) is 8.43. The number of anilines is 2. The molecule has 2 rings (SSSR count). The molecule has 0 bridgehead atoms. The van der Waals surface area contributed by atoms with Crippen LogP contribution in [0.3, 0.4) is 0 Å². The zero-order valence-electron chi connectivity index (χ0n) is 10.2. The van der Waals surface area contributed by atoms with Crippen molar-refractivity contribution >= 4 is 22.4 Å². The summed E-state index contributed by atoms with van der Waals surface area (Å²) in [5.74, 6) is 0. The second-order valence-electron chi connectivity index (χ2n) is 3.98. The van der Waals surface area contributed by atoms with Crippen molar-refractivity contribution in [1.82, 2.24) is 9.97 Å². The molecule has 0 saturated carbocycles. The molecule has 18 heavy (non-hydrogen) atoms. The van der Waals surface area contributed by atoms with Gasteiger partial charge in [-0.2, -0.15) is 0 Å². The molecule has 0 fully saturated rings. The average molecular weight is 248 g/mol. The number of aromatic nitrogens is 2. The van der Waals surface area contributed by atoms with Gasteiger partial charge in [-0.1, -0.05) is 0 Å². The minimum atomic E-state index is -0.234. The highest BCUT2D eigenvalue weighted by molar-refractivity contribution is 5.85. The van der Waals surface area contributed by atoms with Crippen molar-refractivity contribution in [3.05, 3.63) is 28.7 Å². The van der Waals surface area contributed by atoms with Gasteiger partial charge in [0, 0.05) is 20.3 Å². The quantitative estimate of drug-likeness (QED) is 0.541. The molecule has 0 amide bonds. The number of methoxy groups -OCH3 is 1. The lowest BCUT2D eigenvalue weighted by Crippen LogP contribution is -2.09. The summed E-state index contributed by atoms with van der Waals surface area (Å²) in [6.45, 7) is 1.47. The number of benzene rings is 1. The first kappa shape index (κ1) is 12.4. The van der Waals surface area contributed by atoms with Gasteiger partial charge < -0.3 is 20.8 Å². The fourth-order valence-corrected chi connectivity index (χ4v) is 1.70. The van der Waals surface area contributed by atoms with Crippen LogP contribution in [0.5, 0.6) is 0 Å². The maximum absolute atomic E-state index is 11.1. The standard InChI is InChI=1S/C12H16N4O2/c1-18-4-2-3-14-9-6-10-11(5-8(9)13)16-12(17)7-15-10/h5-7,14H,2-4,13H2,1H3,(H,16,17). The van der Waals surface area contributed by atoms with Crippen LogP contribution in [0.25, 0.3) is 11.0 Å². The first-order valence-corrected chi connectivity index (χ1v) is 5.72. The van der Waals surface area contributed by atoms with E-state index < -0.39 is 0 Å². The Kier molecular flexibility index (Phi) is 3.78. The Morgan fingerprint density at radius 2 is 2.33 bits per heavy atom. The first-order valence-electron chi connectivity index (χ1n) is 5.72. The number of nitrogens with one attached hydrogen (secondary N) is 2. The number of fused-ring (bicyclic) bond motifs is 1. The largest absolute Gasteiger partial charge is 0.397 e. The Hall–Kier alpha value is -2.08. The number of hydrogen-bond acceptors (Lipinski definition) is 5. The molecule has 0 atom stereocenters. The van der Waals surface area contributed by atoms with Crippen molar-refractivity contribution in [3.63, 3.8) is 0 Å². The monoisotopic (exact) mass is 248 g/mol. The lowest BCUT2D eigenvalue weighted by atomic mass is 10.2. The van der Waals surface area contributed by atoms with E-state index in [2.05, 4.69) is 15.3 Å². The van der Waals surface area contributed by atoms with Crippen LogP contribution in [-0.2, 0) is 4.74 Å². The third kappa shape index (κ3) is 2.78. The fraction of sp³-hybridized carbons (Fsp3) is 0.333. The maximum Gasteiger partial charge on any atom is 0.266 e. The van der Waals surface area contributed by atoms with Crippen LogP contribution >= 0.6 is 0 Å². The van der Waals surface area contributed by atoms with Gasteiger partial charge in [0.2, 0.25) is 0 Å². The average Bonchev–Trinajstić information content (AvgIpc) is 2.35. The number of aromatic amines is 1. The van der Waals surface area contributed by atoms with Gasteiger partial charge in [-0.25, -0.2) is 4.98 Å². The van der Waals surface area contributed by atoms with Gasteiger partial charge >= 0.3 is 0 Å². The number of H-pyrrole nitrogens is 1. The Morgan fingerprint density at radius 1 is 1.50 bits per heavy atom. The number of nitrogens with two attached hydrogens (primary N) is 1. The van der Waals surface area contributed by atoms with Gasteiger partial charge in [0.05, 0.1) is 28.6 Å². The molecule has 2 aromatic rings. The van der Waals surface area contributed by atoms with Crippen LogP contribution in [0.4, 0.5) is 11.4 Å². The van der Waals surface area contributed by atoms with E-state index in [1.54, 1.807) is 13.2 Å². The molecule has 96 valence electrons. The molecule has 6 heteroatoms. The Labute approximate surface area is 104 Å². The van der Waals surface area contributed by atoms with Crippen LogP contribution < -0.4 is 16.6 Å². The maximum atomic E-state index is 11.1. The number of rotatable bonds is 5. The van der Waals surface area contributed by atoms with E-state index in [4.69, 9.17) is 10.5 Å². The van der Waals surface area contributed by atoms with Crippen LogP contribution in [-0.4, -0.2) is 30.2 Å². The van der Waals surface area contributed by atoms with Gasteiger partial charge in [0.1, 0.15) is 0 Å². The van der Waals surface area contributed by atoms with Crippen LogP contribution in [0, 0.1) is 0 Å². The minimum absolute atomic E-state index is 0.234. The molecular formula is C12H16N4O2. The molecule has 1 aromatic heterocycles. The molecule has 6 nitrogen and oxygen atoms in total. The molecule has 0 aliphatic carbocycles. The topological polar surface area (TPSA) is 93.0 Å². The molecule has 4 N–H and O–H groups in total. The van der Waals surface area contributed by atoms with Crippen molar-refractivity contribution in [3.8, 4) is 0 Å². The summed E-state index contributed by atoms with van der Waals surface area (Å²) in [6.07, 6.45) is 2.15. The van der Waals surface area contributed by atoms with Crippen LogP contribution in [0.1, 0.15) is 6.42 Å². The fourth-order valence-electron chi connectivity index (χ4n) is 1.70. The van der Waals surface area contributed by atoms with E-state index in [1.165, 1.54) is 6.20 Å². The van der Waals surface area contributed by atoms with E-state index in [1.807, 2.05) is 6.07 Å². The molecule has 0 aliphatic rings. The van der Waals surface area contributed by atoms with Gasteiger partial charge in [-0.3, -0.25) is 4.79 Å². The van der Waals surface area contributed by atoms with Crippen LogP contribution in [0.2, 0.25) is 0 Å². The summed E-state index contributed by atoms with van der Waals surface area (Å²) < 4.78 is 4.97. The van der Waals surface area contributed by atoms with Crippen molar-refractivity contribution in [2.75, 3.05) is 31.3 Å². The molecule has 1 heterocycles. The van der Waals surface area contributed by atoms with Crippen molar-refractivity contribution in [1.29, 1.82) is 0 Å². The number of nitrogens with zero attached hydrogens (tertiary/aromatic N) is 1. The second-order valence-corrected chi connectivity index (χ2v) is 3.98. The molecule has 0 unspecified atom stereocenters. The minimum Gasteiger partial charge on any atom is -0.397 e. The van der Waals surface area contributed by atoms with E-state index in [0.29, 0.717) is 23.3 Å². The van der Waals surface area contributed by atoms with E-state index in [9.17, 15) is 4.79 Å². The molecule has 0 aliphatic heterocycles. The number of hydrogen-bond donors (Lipinski definition) is 3.